The van der Waals surface area contributed by atoms with Gasteiger partial charge in [-0.3, -0.25) is 9.59 Å². The Hall–Kier alpha value is -2.55. The van der Waals surface area contributed by atoms with Gasteiger partial charge in [-0.05, 0) is 68.1 Å². The second-order valence-electron chi connectivity index (χ2n) is 11.5. The number of carbonyl (C=O) groups is 2. The predicted molar refractivity (Wildman–Crippen MR) is 157 cm³/mol. The summed E-state index contributed by atoms with van der Waals surface area (Å²) >= 11 is 1.97. The number of nitrogens with two attached hydrogens (primary N) is 2. The molecule has 0 bridgehead atoms. The minimum Gasteiger partial charge on any atom is -0.369 e. The number of likely N-dealkylation sites (tertiary alicyclic amines) is 1. The third-order valence-corrected chi connectivity index (χ3v) is 9.48. The van der Waals surface area contributed by atoms with E-state index in [0.717, 1.165) is 57.3 Å². The van der Waals surface area contributed by atoms with Crippen molar-refractivity contribution >= 4 is 41.1 Å². The van der Waals surface area contributed by atoms with Gasteiger partial charge in [0, 0.05) is 48.9 Å². The Bertz CT molecular complexity index is 1000. The number of nitrogens with one attached hydrogen (secondary N) is 1. The van der Waals surface area contributed by atoms with E-state index in [0.29, 0.717) is 59.4 Å². The lowest BCUT2D eigenvalue weighted by atomic mass is 9.92. The number of piperidine rings is 1. The number of guanidine groups is 2. The molecule has 1 aromatic carbocycles. The van der Waals surface area contributed by atoms with E-state index < -0.39 is 0 Å². The van der Waals surface area contributed by atoms with Gasteiger partial charge in [-0.1, -0.05) is 32.4 Å². The van der Waals surface area contributed by atoms with E-state index in [1.807, 2.05) is 36.0 Å². The van der Waals surface area contributed by atoms with Gasteiger partial charge < -0.3 is 21.7 Å². The average Bonchev–Trinajstić information content (AvgIpc) is 3.39. The maximum absolute atomic E-state index is 12.3. The number of ketones is 1. The van der Waals surface area contributed by atoms with Crippen LogP contribution in [0.1, 0.15) is 77.2 Å². The van der Waals surface area contributed by atoms with Gasteiger partial charge >= 0.3 is 0 Å². The fourth-order valence-corrected chi connectivity index (χ4v) is 7.78. The maximum atomic E-state index is 12.3. The molecule has 4 rings (SSSR count). The standard InChI is InChI=1S/C29H44N6O2S/c1-19-14-20(2)18-35(17-19)29(31)34-28(30)32-22-12-10-21(11-13-22)6-5-8-23(36)7-3-4-9-24-15-25-26(38-24)16-27(37)33-25/h10-13,19-20,24-26H,3-9,14-18H2,1-2H3,(H,33,37)(H4,30,31,32,34). The number of nitrogens with zero attached hydrogens (tertiary/aromatic N) is 3. The molecule has 0 aromatic heterocycles. The molecule has 3 aliphatic rings. The zero-order valence-corrected chi connectivity index (χ0v) is 23.7. The van der Waals surface area contributed by atoms with Gasteiger partial charge in [0.2, 0.25) is 11.9 Å². The average molecular weight is 541 g/mol. The van der Waals surface area contributed by atoms with Crippen molar-refractivity contribution in [1.29, 1.82) is 0 Å². The molecule has 0 spiro atoms. The van der Waals surface area contributed by atoms with Crippen LogP contribution in [0.15, 0.2) is 34.3 Å². The number of rotatable bonds is 10. The molecule has 5 atom stereocenters. The van der Waals surface area contributed by atoms with Crippen LogP contribution in [0.4, 0.5) is 5.69 Å². The van der Waals surface area contributed by atoms with E-state index in [9.17, 15) is 9.59 Å². The summed E-state index contributed by atoms with van der Waals surface area (Å²) in [6, 6.07) is 8.31. The molecular weight excluding hydrogens is 496 g/mol. The number of hydrogen-bond acceptors (Lipinski definition) is 4. The first-order chi connectivity index (χ1) is 18.2. The summed E-state index contributed by atoms with van der Waals surface area (Å²) in [5, 5.41) is 4.19. The number of aliphatic imine (C=N–C) groups is 2. The Labute approximate surface area is 231 Å². The molecule has 5 unspecified atom stereocenters. The number of hydrogen-bond donors (Lipinski definition) is 3. The van der Waals surface area contributed by atoms with Crippen molar-refractivity contribution in [3.05, 3.63) is 29.8 Å². The molecule has 5 N–H and O–H groups in total. The van der Waals surface area contributed by atoms with Gasteiger partial charge in [-0.2, -0.15) is 16.8 Å². The highest BCUT2D eigenvalue weighted by atomic mass is 32.2. The van der Waals surface area contributed by atoms with Crippen LogP contribution in [-0.4, -0.2) is 58.1 Å². The molecule has 208 valence electrons. The second-order valence-corrected chi connectivity index (χ2v) is 13.1. The molecule has 3 aliphatic heterocycles. The topological polar surface area (TPSA) is 126 Å². The van der Waals surface area contributed by atoms with Gasteiger partial charge in [0.05, 0.1) is 5.69 Å². The predicted octanol–water partition coefficient (Wildman–Crippen LogP) is 4.14. The van der Waals surface area contributed by atoms with Crippen molar-refractivity contribution in [1.82, 2.24) is 10.2 Å². The Kier molecular flexibility index (Phi) is 10.1. The van der Waals surface area contributed by atoms with E-state index in [1.165, 1.54) is 12.0 Å². The summed E-state index contributed by atoms with van der Waals surface area (Å²) in [5.41, 5.74) is 14.2. The van der Waals surface area contributed by atoms with Crippen molar-refractivity contribution in [2.45, 2.75) is 94.6 Å². The van der Waals surface area contributed by atoms with Crippen LogP contribution in [0.2, 0.25) is 0 Å². The van der Waals surface area contributed by atoms with Crippen LogP contribution in [0.5, 0.6) is 0 Å². The summed E-state index contributed by atoms with van der Waals surface area (Å²) in [6.45, 7) is 6.25. The van der Waals surface area contributed by atoms with E-state index in [1.54, 1.807) is 0 Å². The van der Waals surface area contributed by atoms with E-state index in [-0.39, 0.29) is 11.9 Å². The van der Waals surface area contributed by atoms with Crippen molar-refractivity contribution in [2.24, 2.45) is 33.3 Å². The lowest BCUT2D eigenvalue weighted by molar-refractivity contribution is -0.120. The van der Waals surface area contributed by atoms with Crippen molar-refractivity contribution in [3.63, 3.8) is 0 Å². The third kappa shape index (κ3) is 8.48. The van der Waals surface area contributed by atoms with Crippen LogP contribution in [0, 0.1) is 11.8 Å². The number of thioether (sulfide) groups is 1. The third-order valence-electron chi connectivity index (χ3n) is 7.82. The van der Waals surface area contributed by atoms with Gasteiger partial charge in [-0.15, -0.1) is 0 Å². The first-order valence-corrected chi connectivity index (χ1v) is 15.2. The number of fused-ring (bicyclic) bond motifs is 1. The lowest BCUT2D eigenvalue weighted by Crippen LogP contribution is -2.46. The summed E-state index contributed by atoms with van der Waals surface area (Å²) in [7, 11) is 0. The number of Topliss-reactive ketones (excluding diaryl/α,β-unsaturated/α-hetero) is 1. The molecular formula is C29H44N6O2S. The fraction of sp³-hybridized carbons (Fsp3) is 0.655. The van der Waals surface area contributed by atoms with Crippen molar-refractivity contribution in [2.75, 3.05) is 13.1 Å². The van der Waals surface area contributed by atoms with Crippen LogP contribution in [0.25, 0.3) is 0 Å². The molecule has 3 saturated heterocycles. The van der Waals surface area contributed by atoms with Gasteiger partial charge in [0.1, 0.15) is 5.78 Å². The molecule has 0 aliphatic carbocycles. The molecule has 1 aromatic rings. The van der Waals surface area contributed by atoms with E-state index in [2.05, 4.69) is 34.0 Å². The quantitative estimate of drug-likeness (QED) is 0.233. The SMILES string of the molecule is CC1CC(C)CN(C(N)=NC(N)=Nc2ccc(CCCC(=O)CCCCC3CC4NC(=O)CC4S3)cc2)C1. The summed E-state index contributed by atoms with van der Waals surface area (Å²) in [6.07, 6.45) is 9.21. The highest BCUT2D eigenvalue weighted by Gasteiger charge is 2.41. The number of unbranched alkanes of at least 4 members (excludes halogenated alkanes) is 1. The lowest BCUT2D eigenvalue weighted by Gasteiger charge is -2.35. The molecule has 8 nitrogen and oxygen atoms in total. The van der Waals surface area contributed by atoms with Crippen LogP contribution < -0.4 is 16.8 Å². The Balaban J connectivity index is 1.11. The Morgan fingerprint density at radius 1 is 1.05 bits per heavy atom. The summed E-state index contributed by atoms with van der Waals surface area (Å²) in [5.74, 6) is 2.32. The highest BCUT2D eigenvalue weighted by molar-refractivity contribution is 8.00. The highest BCUT2D eigenvalue weighted by Crippen LogP contribution is 2.41. The zero-order chi connectivity index (χ0) is 27.1. The Morgan fingerprint density at radius 3 is 2.47 bits per heavy atom. The smallest absolute Gasteiger partial charge is 0.223 e. The second kappa shape index (κ2) is 13.5. The summed E-state index contributed by atoms with van der Waals surface area (Å²) in [4.78, 5) is 34.6. The molecule has 0 radical (unpaired) electrons. The minimum absolute atomic E-state index is 0.160. The molecule has 9 heteroatoms. The fourth-order valence-electron chi connectivity index (χ4n) is 6.05. The molecule has 0 saturated carbocycles. The van der Waals surface area contributed by atoms with Gasteiger partial charge in [-0.25, -0.2) is 4.99 Å². The van der Waals surface area contributed by atoms with Crippen molar-refractivity contribution < 1.29 is 9.59 Å². The summed E-state index contributed by atoms with van der Waals surface area (Å²) < 4.78 is 0. The van der Waals surface area contributed by atoms with Crippen LogP contribution in [-0.2, 0) is 16.0 Å². The number of amides is 1. The van der Waals surface area contributed by atoms with Gasteiger partial charge in [0.15, 0.2) is 5.96 Å². The number of aryl methyl sites for hydroxylation is 1. The molecule has 38 heavy (non-hydrogen) atoms. The molecule has 1 amide bonds. The molecule has 3 heterocycles. The molecule has 3 fully saturated rings. The minimum atomic E-state index is 0.160. The largest absolute Gasteiger partial charge is 0.369 e. The number of benzene rings is 1. The zero-order valence-electron chi connectivity index (χ0n) is 22.9. The van der Waals surface area contributed by atoms with Gasteiger partial charge in [0.25, 0.3) is 0 Å². The normalized spacial score (nSPS) is 27.9. The monoisotopic (exact) mass is 540 g/mol. The van der Waals surface area contributed by atoms with Crippen LogP contribution in [0.3, 0.4) is 0 Å². The first kappa shape index (κ1) is 28.5. The number of carbonyl (C=O) groups excluding carboxylic acids is 2. The van der Waals surface area contributed by atoms with E-state index >= 15 is 0 Å². The van der Waals surface area contributed by atoms with Crippen LogP contribution >= 0.6 is 11.8 Å². The van der Waals surface area contributed by atoms with Crippen molar-refractivity contribution in [3.8, 4) is 0 Å². The maximum Gasteiger partial charge on any atom is 0.223 e. The van der Waals surface area contributed by atoms with E-state index in [4.69, 9.17) is 11.5 Å². The first-order valence-electron chi connectivity index (χ1n) is 14.2. The Morgan fingerprint density at radius 2 is 1.76 bits per heavy atom.